The van der Waals surface area contributed by atoms with Crippen LogP contribution < -0.4 is 0 Å². The van der Waals surface area contributed by atoms with Crippen molar-refractivity contribution in [2.45, 2.75) is 68.7 Å². The second-order valence-electron chi connectivity index (χ2n) is 13.0. The molecule has 0 fully saturated rings. The van der Waals surface area contributed by atoms with E-state index < -0.39 is 0 Å². The van der Waals surface area contributed by atoms with Crippen LogP contribution in [0.1, 0.15) is 82.7 Å². The van der Waals surface area contributed by atoms with Gasteiger partial charge in [0.15, 0.2) is 0 Å². The molecule has 2 aromatic rings. The molecule has 0 N–H and O–H groups in total. The number of fused-ring (bicyclic) bond motifs is 3. The molecule has 38 heavy (non-hydrogen) atoms. The Labute approximate surface area is 231 Å². The van der Waals surface area contributed by atoms with E-state index in [-0.39, 0.29) is 16.2 Å². The second kappa shape index (κ2) is 8.44. The van der Waals surface area contributed by atoms with Crippen molar-refractivity contribution in [1.82, 2.24) is 0 Å². The fourth-order valence-corrected chi connectivity index (χ4v) is 8.69. The number of aryl methyl sites for hydroxylation is 2. The van der Waals surface area contributed by atoms with Crippen molar-refractivity contribution in [2.24, 2.45) is 22.2 Å². The lowest BCUT2D eigenvalue weighted by atomic mass is 9.37. The highest BCUT2D eigenvalue weighted by molar-refractivity contribution is 6.02. The van der Waals surface area contributed by atoms with Crippen molar-refractivity contribution in [3.63, 3.8) is 0 Å². The predicted octanol–water partition coefficient (Wildman–Crippen LogP) is 10.7. The van der Waals surface area contributed by atoms with E-state index in [0.29, 0.717) is 5.92 Å². The van der Waals surface area contributed by atoms with E-state index in [0.717, 1.165) is 12.0 Å². The van der Waals surface area contributed by atoms with E-state index in [1.807, 2.05) is 0 Å². The molecule has 196 valence electrons. The summed E-state index contributed by atoms with van der Waals surface area (Å²) in [5.41, 5.74) is 16.5. The third-order valence-electron chi connectivity index (χ3n) is 11.1. The van der Waals surface area contributed by atoms with Crippen LogP contribution in [-0.4, -0.2) is 0 Å². The van der Waals surface area contributed by atoms with Crippen molar-refractivity contribution in [3.05, 3.63) is 123 Å². The van der Waals surface area contributed by atoms with E-state index in [1.165, 1.54) is 66.8 Å². The minimum Gasteiger partial charge on any atom is -0.0955 e. The van der Waals surface area contributed by atoms with E-state index in [4.69, 9.17) is 13.2 Å². The van der Waals surface area contributed by atoms with E-state index in [1.54, 1.807) is 0 Å². The van der Waals surface area contributed by atoms with Gasteiger partial charge in [0, 0.05) is 10.8 Å². The third kappa shape index (κ3) is 3.16. The number of rotatable bonds is 2. The molecule has 0 aromatic heterocycles. The van der Waals surface area contributed by atoms with E-state index in [2.05, 4.69) is 117 Å². The van der Waals surface area contributed by atoms with Crippen molar-refractivity contribution >= 4 is 17.2 Å². The maximum absolute atomic E-state index is 4.83. The average molecular weight is 501 g/mol. The Bertz CT molecular complexity index is 1510. The zero-order valence-electron chi connectivity index (χ0n) is 25.0. The number of benzene rings is 2. The summed E-state index contributed by atoms with van der Waals surface area (Å²) in [5.74, 6) is 0.346. The Morgan fingerprint density at radius 2 is 1.58 bits per heavy atom. The van der Waals surface area contributed by atoms with Crippen LogP contribution >= 0.6 is 0 Å². The molecule has 2 aromatic carbocycles. The van der Waals surface area contributed by atoms with Crippen molar-refractivity contribution in [2.75, 3.05) is 0 Å². The largest absolute Gasteiger partial charge is 0.0955 e. The van der Waals surface area contributed by atoms with Gasteiger partial charge in [-0.05, 0) is 102 Å². The molecule has 5 rings (SSSR count). The lowest BCUT2D eigenvalue weighted by Crippen LogP contribution is -2.57. The van der Waals surface area contributed by atoms with Gasteiger partial charge in [-0.25, -0.2) is 0 Å². The fraction of sp³-hybridized carbons (Fsp3) is 0.368. The molecule has 0 nitrogen and oxygen atoms in total. The summed E-state index contributed by atoms with van der Waals surface area (Å²) in [6, 6.07) is 15.7. The van der Waals surface area contributed by atoms with Crippen LogP contribution in [0.25, 0.3) is 17.2 Å². The molecule has 0 radical (unpaired) electrons. The molecule has 3 aliphatic rings. The zero-order chi connectivity index (χ0) is 27.9. The summed E-state index contributed by atoms with van der Waals surface area (Å²) >= 11 is 0. The molecular weight excluding hydrogens is 456 g/mol. The van der Waals surface area contributed by atoms with Gasteiger partial charge >= 0.3 is 0 Å². The predicted molar refractivity (Wildman–Crippen MR) is 167 cm³/mol. The van der Waals surface area contributed by atoms with Gasteiger partial charge in [0.1, 0.15) is 0 Å². The smallest absolute Gasteiger partial charge is 0.0218 e. The Morgan fingerprint density at radius 1 is 0.947 bits per heavy atom. The maximum atomic E-state index is 4.83. The molecule has 0 aliphatic heterocycles. The molecule has 0 heteroatoms. The first-order valence-electron chi connectivity index (χ1n) is 14.1. The maximum Gasteiger partial charge on any atom is 0.0218 e. The molecule has 0 bridgehead atoms. The van der Waals surface area contributed by atoms with Gasteiger partial charge < -0.3 is 0 Å². The molecule has 0 saturated carbocycles. The Morgan fingerprint density at radius 3 is 2.18 bits per heavy atom. The van der Waals surface area contributed by atoms with Gasteiger partial charge in [0.25, 0.3) is 0 Å². The van der Waals surface area contributed by atoms with Crippen LogP contribution in [0.3, 0.4) is 0 Å². The Hall–Kier alpha value is -3.12. The summed E-state index contributed by atoms with van der Waals surface area (Å²) in [5, 5.41) is 0. The highest BCUT2D eigenvalue weighted by atomic mass is 14.7. The lowest BCUT2D eigenvalue weighted by Gasteiger charge is -2.66. The zero-order valence-corrected chi connectivity index (χ0v) is 25.0. The second-order valence-corrected chi connectivity index (χ2v) is 13.0. The van der Waals surface area contributed by atoms with Crippen LogP contribution in [0.15, 0.2) is 95.6 Å². The highest BCUT2D eigenvalue weighted by Crippen LogP contribution is 2.74. The van der Waals surface area contributed by atoms with Crippen LogP contribution in [-0.2, 0) is 0 Å². The first-order valence-corrected chi connectivity index (χ1v) is 14.1. The molecule has 4 atom stereocenters. The van der Waals surface area contributed by atoms with Gasteiger partial charge in [-0.15, -0.1) is 0 Å². The lowest BCUT2D eigenvalue weighted by molar-refractivity contribution is 0.00638. The quantitative estimate of drug-likeness (QED) is 0.385. The first kappa shape index (κ1) is 26.5. The summed E-state index contributed by atoms with van der Waals surface area (Å²) in [7, 11) is 0. The minimum atomic E-state index is -0.192. The normalized spacial score (nSPS) is 31.8. The Balaban J connectivity index is 1.91. The summed E-state index contributed by atoms with van der Waals surface area (Å²) in [6.07, 6.45) is 3.50. The summed E-state index contributed by atoms with van der Waals surface area (Å²) < 4.78 is 0. The monoisotopic (exact) mass is 500 g/mol. The van der Waals surface area contributed by atoms with Crippen molar-refractivity contribution in [1.29, 1.82) is 0 Å². The van der Waals surface area contributed by atoms with Crippen LogP contribution in [0, 0.1) is 36.0 Å². The number of allylic oxidation sites excluding steroid dienone is 8. The van der Waals surface area contributed by atoms with Gasteiger partial charge in [-0.1, -0.05) is 118 Å². The molecule has 0 spiro atoms. The Kier molecular flexibility index (Phi) is 5.88. The number of hydrogen-bond acceptors (Lipinski definition) is 0. The minimum absolute atomic E-state index is 0.0105. The first-order chi connectivity index (χ1) is 17.7. The highest BCUT2D eigenvalue weighted by Gasteiger charge is 2.64. The van der Waals surface area contributed by atoms with Gasteiger partial charge in [-0.2, -0.15) is 0 Å². The average Bonchev–Trinajstić information content (AvgIpc) is 2.84. The molecular formula is C38H44. The van der Waals surface area contributed by atoms with E-state index in [9.17, 15) is 0 Å². The van der Waals surface area contributed by atoms with Crippen LogP contribution in [0.4, 0.5) is 0 Å². The van der Waals surface area contributed by atoms with Gasteiger partial charge in [0.2, 0.25) is 0 Å². The summed E-state index contributed by atoms with van der Waals surface area (Å²) in [4.78, 5) is 0. The van der Waals surface area contributed by atoms with Crippen molar-refractivity contribution in [3.8, 4) is 0 Å². The van der Waals surface area contributed by atoms with Gasteiger partial charge in [-0.3, -0.25) is 0 Å². The molecule has 0 unspecified atom stereocenters. The molecule has 3 aliphatic carbocycles. The van der Waals surface area contributed by atoms with Crippen LogP contribution in [0.5, 0.6) is 0 Å². The molecule has 0 saturated heterocycles. The van der Waals surface area contributed by atoms with Crippen molar-refractivity contribution < 1.29 is 0 Å². The van der Waals surface area contributed by atoms with E-state index >= 15 is 0 Å². The van der Waals surface area contributed by atoms with Gasteiger partial charge in [0.05, 0.1) is 0 Å². The molecule has 0 amide bonds. The topological polar surface area (TPSA) is 0 Å². The SMILES string of the molecule is C=C(C)C1=C(C)C[C@@]2(C)[C@H](C)[C@]3(C)C(=C(C)[C@@]2(C)C1=C)C(=C)c1c(C)cccc1/C3=C\c1ccc(C)cc1. The summed E-state index contributed by atoms with van der Waals surface area (Å²) in [6.45, 7) is 35.1. The molecule has 0 heterocycles. The fourth-order valence-electron chi connectivity index (χ4n) is 8.69. The standard InChI is InChI=1S/C38H44/c1-22(2)33-25(5)21-36(10)29(9)37(11)32(20-30-18-16-23(3)17-19-30)31-15-13-14-24(4)34(31)26(6)35(37)28(8)38(36,12)27(33)7/h13-20,29H,1,6-7,21H2,2-5,8-12H3/b32-20+/t29-,36-,37-,38+/m0/s1. The van der Waals surface area contributed by atoms with Crippen LogP contribution in [0.2, 0.25) is 0 Å². The number of hydrogen-bond donors (Lipinski definition) is 0. The third-order valence-corrected chi connectivity index (χ3v) is 11.1.